The zero-order valence-corrected chi connectivity index (χ0v) is 36.1. The predicted molar refractivity (Wildman–Crippen MR) is 224 cm³/mol. The van der Waals surface area contributed by atoms with Gasteiger partial charge in [-0.1, -0.05) is 214 Å². The molecule has 0 saturated heterocycles. The van der Waals surface area contributed by atoms with E-state index in [-0.39, 0.29) is 31.1 Å². The van der Waals surface area contributed by atoms with Crippen LogP contribution in [-0.4, -0.2) is 37.2 Å². The molecule has 2 atom stereocenters. The van der Waals surface area contributed by atoms with Gasteiger partial charge in [-0.2, -0.15) is 0 Å². The zero-order valence-electron chi connectivity index (χ0n) is 36.1. The van der Waals surface area contributed by atoms with E-state index in [2.05, 4.69) is 34.6 Å². The molecule has 0 rings (SSSR count). The summed E-state index contributed by atoms with van der Waals surface area (Å²) in [7, 11) is 0. The van der Waals surface area contributed by atoms with Crippen molar-refractivity contribution >= 4 is 17.9 Å². The Kier molecular flexibility index (Phi) is 38.9. The van der Waals surface area contributed by atoms with E-state index in [1.54, 1.807) is 0 Å². The molecule has 1 unspecified atom stereocenters. The normalized spacial score (nSPS) is 12.6. The van der Waals surface area contributed by atoms with Crippen molar-refractivity contribution in [1.29, 1.82) is 0 Å². The summed E-state index contributed by atoms with van der Waals surface area (Å²) >= 11 is 0. The van der Waals surface area contributed by atoms with E-state index in [1.165, 1.54) is 141 Å². The lowest BCUT2D eigenvalue weighted by molar-refractivity contribution is -0.167. The molecule has 0 aliphatic rings. The summed E-state index contributed by atoms with van der Waals surface area (Å²) < 4.78 is 16.7. The highest BCUT2D eigenvalue weighted by Crippen LogP contribution is 2.17. The second-order valence-electron chi connectivity index (χ2n) is 16.8. The molecule has 0 aromatic rings. The molecule has 314 valence electrons. The Hall–Kier alpha value is -1.59. The molecular weight excluding hydrogens is 661 g/mol. The van der Waals surface area contributed by atoms with Gasteiger partial charge >= 0.3 is 17.9 Å². The number of carbonyl (C=O) groups is 3. The highest BCUT2D eigenvalue weighted by atomic mass is 16.6. The van der Waals surface area contributed by atoms with Crippen molar-refractivity contribution in [2.45, 2.75) is 259 Å². The highest BCUT2D eigenvalue weighted by molar-refractivity contribution is 5.71. The molecular formula is C47H90O6. The molecule has 0 saturated carbocycles. The summed E-state index contributed by atoms with van der Waals surface area (Å²) in [5.41, 5.74) is 0. The summed E-state index contributed by atoms with van der Waals surface area (Å²) in [5.74, 6) is 0.766. The maximum Gasteiger partial charge on any atom is 0.306 e. The Bertz CT molecular complexity index is 811. The standard InChI is InChI=1S/C47H90O6/c1-6-8-9-10-11-12-13-14-15-16-22-27-32-37-45(48)51-40-44(53-47(50)39-34-29-24-19-20-25-30-35-42(3)4)41-52-46(49)38-33-28-23-18-17-21-26-31-36-43(5)7-2/h42-44H,6-41H2,1-5H3/t43?,44-/m1/s1. The molecule has 0 radical (unpaired) electrons. The van der Waals surface area contributed by atoms with Crippen LogP contribution in [0.25, 0.3) is 0 Å². The third-order valence-corrected chi connectivity index (χ3v) is 10.8. The van der Waals surface area contributed by atoms with Crippen LogP contribution in [0.1, 0.15) is 253 Å². The molecule has 0 aliphatic carbocycles. The van der Waals surface area contributed by atoms with Crippen molar-refractivity contribution in [3.8, 4) is 0 Å². The van der Waals surface area contributed by atoms with Gasteiger partial charge in [-0.3, -0.25) is 14.4 Å². The monoisotopic (exact) mass is 751 g/mol. The Balaban J connectivity index is 4.33. The molecule has 6 nitrogen and oxygen atoms in total. The molecule has 53 heavy (non-hydrogen) atoms. The molecule has 0 spiro atoms. The molecule has 0 N–H and O–H groups in total. The number of rotatable bonds is 41. The Morgan fingerprint density at radius 2 is 0.717 bits per heavy atom. The number of hydrogen-bond acceptors (Lipinski definition) is 6. The van der Waals surface area contributed by atoms with Crippen LogP contribution in [0, 0.1) is 11.8 Å². The predicted octanol–water partition coefficient (Wildman–Crippen LogP) is 14.6. The molecule has 0 fully saturated rings. The van der Waals surface area contributed by atoms with Gasteiger partial charge in [0.15, 0.2) is 6.10 Å². The van der Waals surface area contributed by atoms with Crippen LogP contribution in [-0.2, 0) is 28.6 Å². The van der Waals surface area contributed by atoms with Crippen LogP contribution >= 0.6 is 0 Å². The van der Waals surface area contributed by atoms with Crippen molar-refractivity contribution in [2.75, 3.05) is 13.2 Å². The summed E-state index contributed by atoms with van der Waals surface area (Å²) in [4.78, 5) is 37.7. The maximum atomic E-state index is 12.7. The first kappa shape index (κ1) is 51.4. The van der Waals surface area contributed by atoms with Crippen molar-refractivity contribution in [3.63, 3.8) is 0 Å². The van der Waals surface area contributed by atoms with E-state index in [0.29, 0.717) is 19.3 Å². The zero-order chi connectivity index (χ0) is 39.0. The molecule has 0 heterocycles. The first-order valence-electron chi connectivity index (χ1n) is 23.3. The fourth-order valence-electron chi connectivity index (χ4n) is 6.90. The minimum absolute atomic E-state index is 0.0654. The second kappa shape index (κ2) is 40.1. The van der Waals surface area contributed by atoms with Gasteiger partial charge in [0.1, 0.15) is 13.2 Å². The molecule has 0 aromatic carbocycles. The van der Waals surface area contributed by atoms with Crippen LogP contribution in [0.5, 0.6) is 0 Å². The number of ether oxygens (including phenoxy) is 3. The van der Waals surface area contributed by atoms with Crippen molar-refractivity contribution in [2.24, 2.45) is 11.8 Å². The average molecular weight is 751 g/mol. The third-order valence-electron chi connectivity index (χ3n) is 10.8. The largest absolute Gasteiger partial charge is 0.462 e. The van der Waals surface area contributed by atoms with Gasteiger partial charge in [-0.25, -0.2) is 0 Å². The lowest BCUT2D eigenvalue weighted by Crippen LogP contribution is -2.30. The van der Waals surface area contributed by atoms with Crippen LogP contribution in [0.3, 0.4) is 0 Å². The van der Waals surface area contributed by atoms with Crippen LogP contribution in [0.2, 0.25) is 0 Å². The fourth-order valence-corrected chi connectivity index (χ4v) is 6.90. The first-order chi connectivity index (χ1) is 25.8. The summed E-state index contributed by atoms with van der Waals surface area (Å²) in [6.07, 6.45) is 38.0. The SMILES string of the molecule is CCCCCCCCCCCCCCCC(=O)OC[C@H](COC(=O)CCCCCCCCCCC(C)CC)OC(=O)CCCCCCCCCC(C)C. The van der Waals surface area contributed by atoms with Gasteiger partial charge in [0.2, 0.25) is 0 Å². The highest BCUT2D eigenvalue weighted by Gasteiger charge is 2.19. The number of carbonyl (C=O) groups excluding carboxylic acids is 3. The Morgan fingerprint density at radius 3 is 1.08 bits per heavy atom. The van der Waals surface area contributed by atoms with Gasteiger partial charge < -0.3 is 14.2 Å². The maximum absolute atomic E-state index is 12.7. The summed E-state index contributed by atoms with van der Waals surface area (Å²) in [6.45, 7) is 11.3. The van der Waals surface area contributed by atoms with E-state index in [0.717, 1.165) is 69.6 Å². The molecule has 0 amide bonds. The van der Waals surface area contributed by atoms with Gasteiger partial charge in [0.25, 0.3) is 0 Å². The molecule has 6 heteroatoms. The Morgan fingerprint density at radius 1 is 0.396 bits per heavy atom. The minimum atomic E-state index is -0.761. The summed E-state index contributed by atoms with van der Waals surface area (Å²) in [6, 6.07) is 0. The number of unbranched alkanes of at least 4 members (excludes halogenated alkanes) is 25. The lowest BCUT2D eigenvalue weighted by atomic mass is 9.99. The van der Waals surface area contributed by atoms with Crippen molar-refractivity contribution < 1.29 is 28.6 Å². The summed E-state index contributed by atoms with van der Waals surface area (Å²) in [5, 5.41) is 0. The van der Waals surface area contributed by atoms with Crippen molar-refractivity contribution in [1.82, 2.24) is 0 Å². The van der Waals surface area contributed by atoms with Crippen molar-refractivity contribution in [3.05, 3.63) is 0 Å². The topological polar surface area (TPSA) is 78.9 Å². The number of hydrogen-bond donors (Lipinski definition) is 0. The van der Waals surface area contributed by atoms with Gasteiger partial charge in [0, 0.05) is 19.3 Å². The van der Waals surface area contributed by atoms with Crippen LogP contribution in [0.15, 0.2) is 0 Å². The van der Waals surface area contributed by atoms with E-state index in [1.807, 2.05) is 0 Å². The first-order valence-corrected chi connectivity index (χ1v) is 23.3. The van der Waals surface area contributed by atoms with E-state index in [9.17, 15) is 14.4 Å². The molecule has 0 bridgehead atoms. The van der Waals surface area contributed by atoms with Crippen LogP contribution in [0.4, 0.5) is 0 Å². The quantitative estimate of drug-likeness (QED) is 0.0352. The molecule has 0 aliphatic heterocycles. The Labute approximate surface area is 329 Å². The van der Waals surface area contributed by atoms with E-state index >= 15 is 0 Å². The second-order valence-corrected chi connectivity index (χ2v) is 16.8. The van der Waals surface area contributed by atoms with Crippen LogP contribution < -0.4 is 0 Å². The lowest BCUT2D eigenvalue weighted by Gasteiger charge is -2.18. The fraction of sp³-hybridized carbons (Fsp3) is 0.936. The minimum Gasteiger partial charge on any atom is -0.462 e. The third kappa shape index (κ3) is 39.9. The smallest absolute Gasteiger partial charge is 0.306 e. The molecule has 0 aromatic heterocycles. The van der Waals surface area contributed by atoms with E-state index in [4.69, 9.17) is 14.2 Å². The van der Waals surface area contributed by atoms with Gasteiger partial charge in [0.05, 0.1) is 0 Å². The van der Waals surface area contributed by atoms with Gasteiger partial charge in [-0.15, -0.1) is 0 Å². The number of esters is 3. The van der Waals surface area contributed by atoms with Gasteiger partial charge in [-0.05, 0) is 31.1 Å². The average Bonchev–Trinajstić information content (AvgIpc) is 3.14. The van der Waals surface area contributed by atoms with E-state index < -0.39 is 6.10 Å².